The minimum Gasteiger partial charge on any atom is -0.493 e. The van der Waals surface area contributed by atoms with Gasteiger partial charge in [0.15, 0.2) is 11.5 Å². The first-order valence-electron chi connectivity index (χ1n) is 16.4. The van der Waals surface area contributed by atoms with Crippen molar-refractivity contribution in [1.29, 1.82) is 0 Å². The second kappa shape index (κ2) is 15.2. The van der Waals surface area contributed by atoms with Crippen LogP contribution >= 0.6 is 0 Å². The van der Waals surface area contributed by atoms with Gasteiger partial charge in [0.25, 0.3) is 0 Å². The van der Waals surface area contributed by atoms with Crippen LogP contribution in [0.15, 0.2) is 53.3 Å². The van der Waals surface area contributed by atoms with Crippen LogP contribution in [0, 0.1) is 0 Å². The average Bonchev–Trinajstić information content (AvgIpc) is 3.28. The van der Waals surface area contributed by atoms with Crippen molar-refractivity contribution in [1.82, 2.24) is 20.2 Å². The summed E-state index contributed by atoms with van der Waals surface area (Å²) in [6.45, 7) is 6.65. The summed E-state index contributed by atoms with van der Waals surface area (Å²) in [6.07, 6.45) is 2.68. The fourth-order valence-corrected chi connectivity index (χ4v) is 6.57. The molecule has 5 rings (SSSR count). The zero-order valence-corrected chi connectivity index (χ0v) is 28.6. The van der Waals surface area contributed by atoms with E-state index in [1.165, 1.54) is 6.92 Å². The molecule has 0 aliphatic heterocycles. The lowest BCUT2D eigenvalue weighted by Gasteiger charge is -2.19. The summed E-state index contributed by atoms with van der Waals surface area (Å²) in [5, 5.41) is 9.26. The molecule has 0 bridgehead atoms. The highest BCUT2D eigenvalue weighted by molar-refractivity contribution is 5.84. The summed E-state index contributed by atoms with van der Waals surface area (Å²) in [7, 11) is 4.70. The van der Waals surface area contributed by atoms with Gasteiger partial charge in [-0.15, -0.1) is 0 Å². The number of para-hydroxylation sites is 2. The number of carbonyl (C=O) groups is 2. The molecule has 0 fully saturated rings. The van der Waals surface area contributed by atoms with Crippen LogP contribution in [-0.2, 0) is 22.4 Å². The highest BCUT2D eigenvalue weighted by atomic mass is 16.5. The largest absolute Gasteiger partial charge is 0.493 e. The summed E-state index contributed by atoms with van der Waals surface area (Å²) < 4.78 is 19.3. The van der Waals surface area contributed by atoms with Crippen molar-refractivity contribution in [2.75, 3.05) is 39.7 Å². The highest BCUT2D eigenvalue weighted by Crippen LogP contribution is 2.50. The lowest BCUT2D eigenvalue weighted by atomic mass is 9.95. The van der Waals surface area contributed by atoms with Gasteiger partial charge in [-0.3, -0.25) is 14.4 Å². The number of hydrogen-bond acceptors (Lipinski definition) is 8. The second-order valence-electron chi connectivity index (χ2n) is 12.2. The maximum Gasteiger partial charge on any atom is 0.220 e. The number of nitrogens with zero attached hydrogens (tertiary/aromatic N) is 2. The van der Waals surface area contributed by atoms with Crippen molar-refractivity contribution < 1.29 is 23.8 Å². The van der Waals surface area contributed by atoms with Gasteiger partial charge in [0.2, 0.25) is 23.0 Å². The molecule has 0 saturated carbocycles. The molecule has 48 heavy (non-hydrogen) atoms. The van der Waals surface area contributed by atoms with Crippen LogP contribution in [-0.4, -0.2) is 55.8 Å². The van der Waals surface area contributed by atoms with Crippen LogP contribution in [0.4, 0.5) is 5.69 Å². The van der Waals surface area contributed by atoms with E-state index in [-0.39, 0.29) is 29.3 Å². The number of carbonyl (C=O) groups excluding carboxylic acids is 2. The predicted octanol–water partition coefficient (Wildman–Crippen LogP) is 5.34. The van der Waals surface area contributed by atoms with Crippen LogP contribution in [0.2, 0.25) is 0 Å². The number of fused-ring (bicyclic) bond motifs is 4. The SMILES string of the molecule is COc1cc2c(c(OC)c1OC)-c1ccc(NCCCC(=O)NCCc3nc4ccccc4n3C(C)C)c(=O)cc1[C@@H](NC(C)=O)CC2. The third-order valence-electron chi connectivity index (χ3n) is 8.67. The quantitative estimate of drug-likeness (QED) is 0.164. The molecule has 1 aliphatic rings. The molecule has 4 aromatic rings. The number of hydrogen-bond donors (Lipinski definition) is 3. The van der Waals surface area contributed by atoms with Gasteiger partial charge in [-0.2, -0.15) is 0 Å². The zero-order chi connectivity index (χ0) is 34.4. The first-order chi connectivity index (χ1) is 23.2. The molecule has 11 nitrogen and oxygen atoms in total. The number of benzene rings is 2. The molecule has 0 unspecified atom stereocenters. The summed E-state index contributed by atoms with van der Waals surface area (Å²) in [5.74, 6) is 2.20. The smallest absolute Gasteiger partial charge is 0.220 e. The molecule has 254 valence electrons. The molecular weight excluding hydrogens is 610 g/mol. The van der Waals surface area contributed by atoms with Crippen molar-refractivity contribution >= 4 is 28.5 Å². The molecule has 1 heterocycles. The van der Waals surface area contributed by atoms with E-state index in [2.05, 4.69) is 40.4 Å². The van der Waals surface area contributed by atoms with Gasteiger partial charge >= 0.3 is 0 Å². The molecule has 11 heteroatoms. The van der Waals surface area contributed by atoms with E-state index < -0.39 is 0 Å². The Labute approximate surface area is 281 Å². The Bertz CT molecular complexity index is 1870. The fraction of sp³-hybridized carbons (Fsp3) is 0.405. The van der Waals surface area contributed by atoms with Gasteiger partial charge < -0.3 is 34.7 Å². The Morgan fingerprint density at radius 3 is 2.48 bits per heavy atom. The van der Waals surface area contributed by atoms with Crippen LogP contribution in [0.3, 0.4) is 0 Å². The van der Waals surface area contributed by atoms with E-state index >= 15 is 0 Å². The van der Waals surface area contributed by atoms with Crippen LogP contribution in [0.1, 0.15) is 69.1 Å². The van der Waals surface area contributed by atoms with Crippen LogP contribution in [0.5, 0.6) is 17.2 Å². The second-order valence-corrected chi connectivity index (χ2v) is 12.2. The summed E-state index contributed by atoms with van der Waals surface area (Å²) >= 11 is 0. The van der Waals surface area contributed by atoms with E-state index in [0.29, 0.717) is 73.7 Å². The minimum atomic E-state index is -0.389. The summed E-state index contributed by atoms with van der Waals surface area (Å²) in [6, 6.07) is 15.1. The predicted molar refractivity (Wildman–Crippen MR) is 187 cm³/mol. The van der Waals surface area contributed by atoms with Gasteiger partial charge in [0.05, 0.1) is 44.1 Å². The topological polar surface area (TPSA) is 133 Å². The van der Waals surface area contributed by atoms with E-state index in [1.807, 2.05) is 30.3 Å². The van der Waals surface area contributed by atoms with Crippen molar-refractivity contribution in [3.63, 3.8) is 0 Å². The molecule has 3 N–H and O–H groups in total. The maximum absolute atomic E-state index is 13.5. The molecule has 3 aromatic carbocycles. The summed E-state index contributed by atoms with van der Waals surface area (Å²) in [4.78, 5) is 43.2. The number of amides is 2. The lowest BCUT2D eigenvalue weighted by molar-refractivity contribution is -0.121. The van der Waals surface area contributed by atoms with E-state index in [4.69, 9.17) is 19.2 Å². The molecule has 2 amide bonds. The molecule has 1 aliphatic carbocycles. The lowest BCUT2D eigenvalue weighted by Crippen LogP contribution is -2.27. The number of aryl methyl sites for hydroxylation is 1. The number of nitrogens with one attached hydrogen (secondary N) is 3. The maximum atomic E-state index is 13.5. The molecule has 1 aromatic heterocycles. The van der Waals surface area contributed by atoms with Gasteiger partial charge in [0, 0.05) is 44.5 Å². The van der Waals surface area contributed by atoms with Crippen molar-refractivity contribution in [2.24, 2.45) is 0 Å². The molecule has 0 saturated heterocycles. The van der Waals surface area contributed by atoms with Crippen molar-refractivity contribution in [3.05, 3.63) is 75.7 Å². The number of anilines is 1. The van der Waals surface area contributed by atoms with E-state index in [0.717, 1.165) is 33.5 Å². The van der Waals surface area contributed by atoms with E-state index in [1.54, 1.807) is 33.5 Å². The van der Waals surface area contributed by atoms with Crippen molar-refractivity contribution in [2.45, 2.75) is 65.0 Å². The first-order valence-corrected chi connectivity index (χ1v) is 16.4. The molecule has 0 radical (unpaired) electrons. The average molecular weight is 656 g/mol. The van der Waals surface area contributed by atoms with Crippen LogP contribution in [0.25, 0.3) is 22.2 Å². The minimum absolute atomic E-state index is 0.0529. The third-order valence-corrected chi connectivity index (χ3v) is 8.67. The van der Waals surface area contributed by atoms with Gasteiger partial charge in [0.1, 0.15) is 5.82 Å². The number of methoxy groups -OCH3 is 3. The third kappa shape index (κ3) is 7.25. The Morgan fingerprint density at radius 2 is 1.77 bits per heavy atom. The Kier molecular flexibility index (Phi) is 10.9. The standard InChI is InChI=1S/C37H45N5O6/c1-22(2)42-30-11-8-7-10-28(30)41-33(42)17-19-39-34(45)12-9-18-38-29-16-14-25-26(21-31(29)44)27(40-23(3)43)15-13-24-20-32(46-4)36(47-5)37(48-6)35(24)25/h7-8,10-11,14,16,20-22,27H,9,12-13,15,17-19H2,1-6H3,(H,38,44)(H,39,45)(H,40,43)/t27-/m0/s1. The monoisotopic (exact) mass is 655 g/mol. The van der Waals surface area contributed by atoms with Crippen LogP contribution < -0.4 is 35.6 Å². The zero-order valence-electron chi connectivity index (χ0n) is 28.6. The Morgan fingerprint density at radius 1 is 1.00 bits per heavy atom. The molecule has 1 atom stereocenters. The Balaban J connectivity index is 1.28. The summed E-state index contributed by atoms with van der Waals surface area (Å²) in [5.41, 5.74) is 5.44. The number of ether oxygens (including phenoxy) is 3. The van der Waals surface area contributed by atoms with E-state index in [9.17, 15) is 14.4 Å². The van der Waals surface area contributed by atoms with Gasteiger partial charge in [-0.25, -0.2) is 4.98 Å². The van der Waals surface area contributed by atoms with Crippen molar-refractivity contribution in [3.8, 4) is 28.4 Å². The first kappa shape index (κ1) is 34.3. The normalized spacial score (nSPS) is 13.7. The molecule has 0 spiro atoms. The Hall–Kier alpha value is -5.06. The number of rotatable bonds is 13. The number of imidazole rings is 1. The molecular formula is C37H45N5O6. The number of aromatic nitrogens is 2. The van der Waals surface area contributed by atoms with Gasteiger partial charge in [-0.05, 0) is 80.1 Å². The van der Waals surface area contributed by atoms with Gasteiger partial charge in [-0.1, -0.05) is 18.2 Å². The fourth-order valence-electron chi connectivity index (χ4n) is 6.57. The highest BCUT2D eigenvalue weighted by Gasteiger charge is 2.29.